The highest BCUT2D eigenvalue weighted by molar-refractivity contribution is 5.84. The highest BCUT2D eigenvalue weighted by Gasteiger charge is 2.15. The second-order valence-corrected chi connectivity index (χ2v) is 4.56. The molecule has 0 bridgehead atoms. The Labute approximate surface area is 101 Å². The lowest BCUT2D eigenvalue weighted by atomic mass is 10.2. The standard InChI is InChI=1S/C12H20N2O3/c1-8(7-14(3)4)13-9(2)10-5-6-11(17-10)12(15)16/h5-6,8-9,13H,7H2,1-4H3,(H,15,16). The van der Waals surface area contributed by atoms with Crippen molar-refractivity contribution in [3.63, 3.8) is 0 Å². The van der Waals surface area contributed by atoms with Crippen LogP contribution in [-0.2, 0) is 0 Å². The maximum Gasteiger partial charge on any atom is 0.371 e. The number of carboxylic acids is 1. The predicted molar refractivity (Wildman–Crippen MR) is 65.2 cm³/mol. The molecule has 1 aromatic heterocycles. The van der Waals surface area contributed by atoms with Gasteiger partial charge in [0.25, 0.3) is 0 Å². The summed E-state index contributed by atoms with van der Waals surface area (Å²) >= 11 is 0. The van der Waals surface area contributed by atoms with Crippen LogP contribution in [0.5, 0.6) is 0 Å². The van der Waals surface area contributed by atoms with Crippen molar-refractivity contribution in [2.45, 2.75) is 25.9 Å². The number of hydrogen-bond donors (Lipinski definition) is 2. The Kier molecular flexibility index (Phi) is 4.72. The monoisotopic (exact) mass is 240 g/mol. The summed E-state index contributed by atoms with van der Waals surface area (Å²) in [6, 6.07) is 3.48. The Morgan fingerprint density at radius 2 is 2.12 bits per heavy atom. The number of hydrogen-bond acceptors (Lipinski definition) is 4. The Balaban J connectivity index is 2.57. The lowest BCUT2D eigenvalue weighted by Gasteiger charge is -2.21. The van der Waals surface area contributed by atoms with E-state index in [1.54, 1.807) is 6.07 Å². The minimum Gasteiger partial charge on any atom is -0.475 e. The first-order valence-corrected chi connectivity index (χ1v) is 5.64. The van der Waals surface area contributed by atoms with E-state index in [0.29, 0.717) is 11.8 Å². The summed E-state index contributed by atoms with van der Waals surface area (Å²) in [6.45, 7) is 4.95. The zero-order valence-electron chi connectivity index (χ0n) is 10.7. The molecule has 2 N–H and O–H groups in total. The zero-order chi connectivity index (χ0) is 13.0. The predicted octanol–water partition coefficient (Wildman–Crippen LogP) is 1.58. The van der Waals surface area contributed by atoms with Crippen molar-refractivity contribution in [3.05, 3.63) is 23.7 Å². The van der Waals surface area contributed by atoms with E-state index in [9.17, 15) is 4.79 Å². The molecular formula is C12H20N2O3. The van der Waals surface area contributed by atoms with Gasteiger partial charge >= 0.3 is 5.97 Å². The van der Waals surface area contributed by atoms with Crippen LogP contribution in [0.2, 0.25) is 0 Å². The van der Waals surface area contributed by atoms with Gasteiger partial charge in [0.2, 0.25) is 5.76 Å². The quantitative estimate of drug-likeness (QED) is 0.790. The van der Waals surface area contributed by atoms with Crippen molar-refractivity contribution < 1.29 is 14.3 Å². The molecule has 0 fully saturated rings. The third-order valence-corrected chi connectivity index (χ3v) is 2.44. The topological polar surface area (TPSA) is 65.7 Å². The molecular weight excluding hydrogens is 220 g/mol. The molecule has 0 spiro atoms. The molecule has 17 heavy (non-hydrogen) atoms. The van der Waals surface area contributed by atoms with Crippen molar-refractivity contribution >= 4 is 5.97 Å². The Morgan fingerprint density at radius 1 is 1.47 bits per heavy atom. The second-order valence-electron chi connectivity index (χ2n) is 4.56. The van der Waals surface area contributed by atoms with E-state index in [1.807, 2.05) is 21.0 Å². The summed E-state index contributed by atoms with van der Waals surface area (Å²) in [6.07, 6.45) is 0. The molecule has 0 aliphatic carbocycles. The van der Waals surface area contributed by atoms with Gasteiger partial charge in [0.1, 0.15) is 5.76 Å². The van der Waals surface area contributed by atoms with Gasteiger partial charge in [-0.2, -0.15) is 0 Å². The first-order valence-electron chi connectivity index (χ1n) is 5.64. The Morgan fingerprint density at radius 3 is 2.59 bits per heavy atom. The molecule has 1 rings (SSSR count). The third kappa shape index (κ3) is 4.20. The molecule has 5 heteroatoms. The maximum absolute atomic E-state index is 10.7. The minimum atomic E-state index is -1.04. The number of furan rings is 1. The highest BCUT2D eigenvalue weighted by Crippen LogP contribution is 2.16. The zero-order valence-corrected chi connectivity index (χ0v) is 10.7. The molecule has 0 aliphatic rings. The SMILES string of the molecule is CC(CN(C)C)NC(C)c1ccc(C(=O)O)o1. The van der Waals surface area contributed by atoms with E-state index in [0.717, 1.165) is 6.54 Å². The molecule has 1 heterocycles. The number of nitrogens with one attached hydrogen (secondary N) is 1. The second kappa shape index (κ2) is 5.84. The average molecular weight is 240 g/mol. The van der Waals surface area contributed by atoms with Crippen LogP contribution in [0.1, 0.15) is 36.2 Å². The van der Waals surface area contributed by atoms with Gasteiger partial charge in [-0.05, 0) is 40.1 Å². The average Bonchev–Trinajstić information content (AvgIpc) is 2.64. The minimum absolute atomic E-state index is 0.00181. The highest BCUT2D eigenvalue weighted by atomic mass is 16.4. The Bertz CT molecular complexity index is 374. The van der Waals surface area contributed by atoms with Crippen LogP contribution >= 0.6 is 0 Å². The van der Waals surface area contributed by atoms with Gasteiger partial charge in [0, 0.05) is 12.6 Å². The van der Waals surface area contributed by atoms with Crippen LogP contribution in [0.3, 0.4) is 0 Å². The van der Waals surface area contributed by atoms with Crippen molar-refractivity contribution in [1.82, 2.24) is 10.2 Å². The fraction of sp³-hybridized carbons (Fsp3) is 0.583. The molecule has 0 saturated heterocycles. The number of rotatable bonds is 6. The van der Waals surface area contributed by atoms with Crippen LogP contribution < -0.4 is 5.32 Å². The van der Waals surface area contributed by atoms with E-state index in [2.05, 4.69) is 17.1 Å². The number of carboxylic acid groups (broad SMARTS) is 1. The molecule has 2 atom stereocenters. The summed E-state index contributed by atoms with van der Waals surface area (Å²) in [5.74, 6) is -0.410. The maximum atomic E-state index is 10.7. The number of likely N-dealkylation sites (N-methyl/N-ethyl adjacent to an activating group) is 1. The summed E-state index contributed by atoms with van der Waals surface area (Å²) in [4.78, 5) is 12.8. The van der Waals surface area contributed by atoms with Gasteiger partial charge in [-0.3, -0.25) is 0 Å². The molecule has 0 amide bonds. The van der Waals surface area contributed by atoms with E-state index >= 15 is 0 Å². The normalized spacial score (nSPS) is 14.9. The van der Waals surface area contributed by atoms with Crippen LogP contribution in [0, 0.1) is 0 Å². The van der Waals surface area contributed by atoms with Gasteiger partial charge in [0.15, 0.2) is 0 Å². The van der Waals surface area contributed by atoms with E-state index < -0.39 is 5.97 Å². The summed E-state index contributed by atoms with van der Waals surface area (Å²) < 4.78 is 5.24. The van der Waals surface area contributed by atoms with E-state index in [-0.39, 0.29) is 11.8 Å². The smallest absolute Gasteiger partial charge is 0.371 e. The molecule has 0 aliphatic heterocycles. The van der Waals surface area contributed by atoms with Crippen molar-refractivity contribution in [3.8, 4) is 0 Å². The molecule has 96 valence electrons. The molecule has 2 unspecified atom stereocenters. The fourth-order valence-corrected chi connectivity index (χ4v) is 1.81. The van der Waals surface area contributed by atoms with Gasteiger partial charge in [-0.25, -0.2) is 4.79 Å². The van der Waals surface area contributed by atoms with Crippen molar-refractivity contribution in [2.24, 2.45) is 0 Å². The summed E-state index contributed by atoms with van der Waals surface area (Å²) in [5, 5.41) is 12.1. The van der Waals surface area contributed by atoms with Gasteiger partial charge in [0.05, 0.1) is 6.04 Å². The lowest BCUT2D eigenvalue weighted by molar-refractivity contribution is 0.0659. The van der Waals surface area contributed by atoms with Gasteiger partial charge in [-0.1, -0.05) is 0 Å². The van der Waals surface area contributed by atoms with Crippen LogP contribution in [-0.4, -0.2) is 42.7 Å². The van der Waals surface area contributed by atoms with Crippen LogP contribution in [0.4, 0.5) is 0 Å². The number of nitrogens with zero attached hydrogens (tertiary/aromatic N) is 1. The molecule has 0 saturated carbocycles. The molecule has 5 nitrogen and oxygen atoms in total. The molecule has 0 aromatic carbocycles. The van der Waals surface area contributed by atoms with Crippen molar-refractivity contribution in [2.75, 3.05) is 20.6 Å². The van der Waals surface area contributed by atoms with Gasteiger partial charge in [-0.15, -0.1) is 0 Å². The lowest BCUT2D eigenvalue weighted by Crippen LogP contribution is -2.37. The first kappa shape index (κ1) is 13.7. The summed E-state index contributed by atoms with van der Waals surface area (Å²) in [5.41, 5.74) is 0. The largest absolute Gasteiger partial charge is 0.475 e. The first-order chi connectivity index (χ1) is 7.90. The van der Waals surface area contributed by atoms with E-state index in [1.165, 1.54) is 6.07 Å². The van der Waals surface area contributed by atoms with E-state index in [4.69, 9.17) is 9.52 Å². The van der Waals surface area contributed by atoms with Gasteiger partial charge < -0.3 is 19.7 Å². The molecule has 0 radical (unpaired) electrons. The Hall–Kier alpha value is -1.33. The number of aromatic carboxylic acids is 1. The van der Waals surface area contributed by atoms with Crippen molar-refractivity contribution in [1.29, 1.82) is 0 Å². The molecule has 1 aromatic rings. The fourth-order valence-electron chi connectivity index (χ4n) is 1.81. The summed E-state index contributed by atoms with van der Waals surface area (Å²) in [7, 11) is 4.02. The van der Waals surface area contributed by atoms with Crippen LogP contribution in [0.25, 0.3) is 0 Å². The van der Waals surface area contributed by atoms with Crippen LogP contribution in [0.15, 0.2) is 16.5 Å². The third-order valence-electron chi connectivity index (χ3n) is 2.44. The number of carbonyl (C=O) groups is 1.